The van der Waals surface area contributed by atoms with E-state index in [1.165, 1.54) is 6.21 Å². The van der Waals surface area contributed by atoms with Crippen LogP contribution in [0.2, 0.25) is 0 Å². The highest BCUT2D eigenvalue weighted by Crippen LogP contribution is 2.04. The number of nitrogens with one attached hydrogen (secondary N) is 1. The molecule has 0 aliphatic rings. The molecule has 1 amide bonds. The van der Waals surface area contributed by atoms with Crippen molar-refractivity contribution in [1.82, 2.24) is 5.43 Å². The average Bonchev–Trinajstić information content (AvgIpc) is 2.31. The Kier molecular flexibility index (Phi) is 4.88. The van der Waals surface area contributed by atoms with Gasteiger partial charge in [-0.1, -0.05) is 24.3 Å². The number of nitrogens with zero attached hydrogens (tertiary/aromatic N) is 1. The Hall–Kier alpha value is -2.01. The van der Waals surface area contributed by atoms with Crippen molar-refractivity contribution in [3.05, 3.63) is 35.4 Å². The van der Waals surface area contributed by atoms with E-state index >= 15 is 0 Å². The van der Waals surface area contributed by atoms with Gasteiger partial charge in [-0.15, -0.1) is 0 Å². The molecular weight excluding hydrogens is 206 g/mol. The van der Waals surface area contributed by atoms with Gasteiger partial charge in [-0.05, 0) is 17.5 Å². The molecule has 16 heavy (non-hydrogen) atoms. The van der Waals surface area contributed by atoms with E-state index in [4.69, 9.17) is 5.73 Å². The van der Waals surface area contributed by atoms with Crippen LogP contribution in [0.25, 0.3) is 0 Å². The van der Waals surface area contributed by atoms with Crippen LogP contribution in [0.3, 0.4) is 0 Å². The van der Waals surface area contributed by atoms with Gasteiger partial charge in [-0.3, -0.25) is 4.79 Å². The first kappa shape index (κ1) is 12.1. The summed E-state index contributed by atoms with van der Waals surface area (Å²) in [6, 6.07) is 6.94. The number of nitrogens with two attached hydrogens (primary N) is 1. The highest BCUT2D eigenvalue weighted by Gasteiger charge is 2.01. The predicted octanol–water partition coefficient (Wildman–Crippen LogP) is -0.165. The fourth-order valence-corrected chi connectivity index (χ4v) is 1.20. The van der Waals surface area contributed by atoms with Crippen LogP contribution in [-0.2, 0) is 16.0 Å². The molecule has 0 saturated heterocycles. The minimum Gasteiger partial charge on any atom is -0.321 e. The van der Waals surface area contributed by atoms with Gasteiger partial charge < -0.3 is 10.5 Å². The van der Waals surface area contributed by atoms with Crippen LogP contribution in [0.1, 0.15) is 11.1 Å². The van der Waals surface area contributed by atoms with Gasteiger partial charge >= 0.3 is 0 Å². The normalized spacial score (nSPS) is 12.3. The zero-order valence-electron chi connectivity index (χ0n) is 8.67. The van der Waals surface area contributed by atoms with E-state index in [2.05, 4.69) is 10.5 Å². The van der Waals surface area contributed by atoms with Crippen LogP contribution < -0.4 is 11.2 Å². The number of rotatable bonds is 6. The molecule has 0 bridgehead atoms. The fourth-order valence-electron chi connectivity index (χ4n) is 1.20. The minimum absolute atomic E-state index is 0.462. The van der Waals surface area contributed by atoms with E-state index in [0.29, 0.717) is 12.8 Å². The molecule has 3 N–H and O–H groups in total. The monoisotopic (exact) mass is 219 g/mol. The van der Waals surface area contributed by atoms with Crippen molar-refractivity contribution in [2.45, 2.75) is 12.5 Å². The quantitative estimate of drug-likeness (QED) is 0.396. The standard InChI is InChI=1S/C11H13N3O2/c12-11(7-15)5-9-1-3-10(4-2-9)6-13-14-8-16/h1-4,6-8,11H,5,12H2,(H,14,16)/b13-6+. The maximum Gasteiger partial charge on any atom is 0.227 e. The van der Waals surface area contributed by atoms with Gasteiger partial charge in [0.1, 0.15) is 6.29 Å². The Morgan fingerprint density at radius 2 is 2.00 bits per heavy atom. The summed E-state index contributed by atoms with van der Waals surface area (Å²) in [5.41, 5.74) is 9.52. The number of carbonyl (C=O) groups excluding carboxylic acids is 2. The number of carbonyl (C=O) groups is 2. The third kappa shape index (κ3) is 4.02. The van der Waals surface area contributed by atoms with Crippen molar-refractivity contribution < 1.29 is 9.59 Å². The lowest BCUT2D eigenvalue weighted by Gasteiger charge is -2.03. The fraction of sp³-hybridized carbons (Fsp3) is 0.182. The summed E-state index contributed by atoms with van der Waals surface area (Å²) in [7, 11) is 0. The lowest BCUT2D eigenvalue weighted by atomic mass is 10.1. The van der Waals surface area contributed by atoms with Crippen LogP contribution in [0.4, 0.5) is 0 Å². The second-order valence-corrected chi connectivity index (χ2v) is 3.25. The van der Waals surface area contributed by atoms with E-state index < -0.39 is 6.04 Å². The smallest absolute Gasteiger partial charge is 0.227 e. The first-order valence-electron chi connectivity index (χ1n) is 4.78. The number of hydrogen-bond acceptors (Lipinski definition) is 4. The molecule has 5 nitrogen and oxygen atoms in total. The Bertz CT molecular complexity index is 373. The van der Waals surface area contributed by atoms with E-state index in [1.807, 2.05) is 24.3 Å². The van der Waals surface area contributed by atoms with Gasteiger partial charge in [0.05, 0.1) is 12.3 Å². The Balaban J connectivity index is 2.60. The highest BCUT2D eigenvalue weighted by molar-refractivity contribution is 5.79. The third-order valence-corrected chi connectivity index (χ3v) is 1.97. The summed E-state index contributed by atoms with van der Waals surface area (Å²) in [6.07, 6.45) is 3.27. The Labute approximate surface area is 93.3 Å². The van der Waals surface area contributed by atoms with Crippen LogP contribution in [0.15, 0.2) is 29.4 Å². The largest absolute Gasteiger partial charge is 0.321 e. The van der Waals surface area contributed by atoms with Crippen molar-refractivity contribution in [3.63, 3.8) is 0 Å². The molecule has 84 valence electrons. The van der Waals surface area contributed by atoms with Crippen molar-refractivity contribution >= 4 is 18.9 Å². The van der Waals surface area contributed by atoms with Gasteiger partial charge in [0.2, 0.25) is 6.41 Å². The van der Waals surface area contributed by atoms with Gasteiger partial charge in [0.15, 0.2) is 0 Å². The molecule has 1 rings (SSSR count). The van der Waals surface area contributed by atoms with Crippen LogP contribution in [-0.4, -0.2) is 25.0 Å². The maximum atomic E-state index is 10.4. The topological polar surface area (TPSA) is 84.6 Å². The molecule has 0 aliphatic carbocycles. The number of hydrazone groups is 1. The Morgan fingerprint density at radius 1 is 1.31 bits per heavy atom. The second-order valence-electron chi connectivity index (χ2n) is 3.25. The zero-order valence-corrected chi connectivity index (χ0v) is 8.67. The first-order chi connectivity index (χ1) is 7.76. The van der Waals surface area contributed by atoms with Gasteiger partial charge in [-0.2, -0.15) is 5.10 Å². The lowest BCUT2D eigenvalue weighted by molar-refractivity contribution is -0.110. The molecule has 0 heterocycles. The molecule has 1 aromatic carbocycles. The SMILES string of the molecule is NC(C=O)Cc1ccc(/C=N/NC=O)cc1. The van der Waals surface area contributed by atoms with Crippen molar-refractivity contribution in [2.75, 3.05) is 0 Å². The molecular formula is C11H13N3O2. The van der Waals surface area contributed by atoms with Gasteiger partial charge in [-0.25, -0.2) is 5.43 Å². The first-order valence-corrected chi connectivity index (χ1v) is 4.78. The van der Waals surface area contributed by atoms with Crippen LogP contribution in [0.5, 0.6) is 0 Å². The summed E-state index contributed by atoms with van der Waals surface area (Å²) in [4.78, 5) is 20.3. The summed E-state index contributed by atoms with van der Waals surface area (Å²) < 4.78 is 0. The summed E-state index contributed by atoms with van der Waals surface area (Å²) >= 11 is 0. The molecule has 5 heteroatoms. The number of hydrogen-bond donors (Lipinski definition) is 2. The molecule has 0 radical (unpaired) electrons. The average molecular weight is 219 g/mol. The maximum absolute atomic E-state index is 10.4. The molecule has 0 fully saturated rings. The van der Waals surface area contributed by atoms with E-state index in [-0.39, 0.29) is 0 Å². The second kappa shape index (κ2) is 6.47. The summed E-state index contributed by atoms with van der Waals surface area (Å²) in [5, 5.41) is 3.64. The van der Waals surface area contributed by atoms with Crippen molar-refractivity contribution in [2.24, 2.45) is 10.8 Å². The van der Waals surface area contributed by atoms with Gasteiger partial charge in [0, 0.05) is 0 Å². The number of benzene rings is 1. The molecule has 1 unspecified atom stereocenters. The zero-order chi connectivity index (χ0) is 11.8. The molecule has 0 aliphatic heterocycles. The molecule has 0 aromatic heterocycles. The van der Waals surface area contributed by atoms with Crippen molar-refractivity contribution in [1.29, 1.82) is 0 Å². The molecule has 1 atom stereocenters. The summed E-state index contributed by atoms with van der Waals surface area (Å²) in [6.45, 7) is 0. The van der Waals surface area contributed by atoms with Crippen molar-refractivity contribution in [3.8, 4) is 0 Å². The third-order valence-electron chi connectivity index (χ3n) is 1.97. The Morgan fingerprint density at radius 3 is 2.56 bits per heavy atom. The number of amides is 1. The molecule has 0 spiro atoms. The highest BCUT2D eigenvalue weighted by atomic mass is 16.1. The van der Waals surface area contributed by atoms with E-state index in [9.17, 15) is 9.59 Å². The summed E-state index contributed by atoms with van der Waals surface area (Å²) in [5.74, 6) is 0. The van der Waals surface area contributed by atoms with Crippen LogP contribution in [0, 0.1) is 0 Å². The molecule has 0 saturated carbocycles. The lowest BCUT2D eigenvalue weighted by Crippen LogP contribution is -2.23. The van der Waals surface area contributed by atoms with Crippen LogP contribution >= 0.6 is 0 Å². The predicted molar refractivity (Wildman–Crippen MR) is 61.0 cm³/mol. The minimum atomic E-state index is -0.462. The molecule has 1 aromatic rings. The number of aldehydes is 1. The van der Waals surface area contributed by atoms with E-state index in [0.717, 1.165) is 17.4 Å². The van der Waals surface area contributed by atoms with Gasteiger partial charge in [0.25, 0.3) is 0 Å². The van der Waals surface area contributed by atoms with E-state index in [1.54, 1.807) is 0 Å².